The quantitative estimate of drug-likeness (QED) is 0.0215. The molecular formula is C61H113NO10. The number of carbonyl (C=O) groups excluding carboxylic acids is 1. The van der Waals surface area contributed by atoms with Crippen molar-refractivity contribution in [2.24, 2.45) is 0 Å². The number of rotatable bonds is 51. The van der Waals surface area contributed by atoms with E-state index in [1.54, 1.807) is 0 Å². The first-order valence-electron chi connectivity index (χ1n) is 30.0. The van der Waals surface area contributed by atoms with Gasteiger partial charge in [-0.05, 0) is 77.0 Å². The van der Waals surface area contributed by atoms with Crippen LogP contribution in [0.15, 0.2) is 48.6 Å². The highest BCUT2D eigenvalue weighted by Gasteiger charge is 2.44. The third-order valence-corrected chi connectivity index (χ3v) is 14.3. The molecule has 0 bridgehead atoms. The number of hydrogen-bond acceptors (Lipinski definition) is 10. The number of aliphatic hydroxyl groups is 7. The molecule has 0 aromatic rings. The third-order valence-electron chi connectivity index (χ3n) is 14.3. The van der Waals surface area contributed by atoms with Crippen LogP contribution in [0.2, 0.25) is 0 Å². The minimum Gasteiger partial charge on any atom is -0.394 e. The summed E-state index contributed by atoms with van der Waals surface area (Å²) >= 11 is 0. The van der Waals surface area contributed by atoms with Crippen LogP contribution in [0.1, 0.15) is 264 Å². The fourth-order valence-electron chi connectivity index (χ4n) is 9.50. The third kappa shape index (κ3) is 37.7. The van der Waals surface area contributed by atoms with Crippen LogP contribution in [0.4, 0.5) is 0 Å². The molecule has 1 aliphatic heterocycles. The van der Waals surface area contributed by atoms with Crippen molar-refractivity contribution >= 4 is 5.91 Å². The molecule has 1 saturated heterocycles. The molecule has 0 aliphatic carbocycles. The number of amides is 1. The van der Waals surface area contributed by atoms with Crippen LogP contribution in [0.5, 0.6) is 0 Å². The van der Waals surface area contributed by atoms with E-state index in [0.29, 0.717) is 19.3 Å². The van der Waals surface area contributed by atoms with Gasteiger partial charge in [-0.25, -0.2) is 0 Å². The van der Waals surface area contributed by atoms with Gasteiger partial charge in [0.15, 0.2) is 6.29 Å². The largest absolute Gasteiger partial charge is 0.394 e. The zero-order valence-corrected chi connectivity index (χ0v) is 46.2. The summed E-state index contributed by atoms with van der Waals surface area (Å²) in [4.78, 5) is 13.2. The molecule has 422 valence electrons. The van der Waals surface area contributed by atoms with E-state index in [0.717, 1.165) is 51.4 Å². The Morgan fingerprint density at radius 2 is 0.917 bits per heavy atom. The Balaban J connectivity index is 2.32. The van der Waals surface area contributed by atoms with Crippen LogP contribution >= 0.6 is 0 Å². The lowest BCUT2D eigenvalue weighted by Gasteiger charge is -2.40. The van der Waals surface area contributed by atoms with Crippen molar-refractivity contribution in [3.05, 3.63) is 48.6 Å². The highest BCUT2D eigenvalue weighted by molar-refractivity contribution is 5.80. The lowest BCUT2D eigenvalue weighted by atomic mass is 9.98. The van der Waals surface area contributed by atoms with Gasteiger partial charge in [-0.2, -0.15) is 0 Å². The number of hydrogen-bond donors (Lipinski definition) is 8. The Hall–Kier alpha value is -1.93. The van der Waals surface area contributed by atoms with Gasteiger partial charge in [0.05, 0.1) is 25.4 Å². The molecule has 0 spiro atoms. The first kappa shape index (κ1) is 68.1. The van der Waals surface area contributed by atoms with Gasteiger partial charge >= 0.3 is 0 Å². The standard InChI is InChI=1S/C61H113NO10/c1-3-5-7-9-11-13-15-17-19-21-23-25-26-27-28-29-31-32-34-36-38-40-42-44-46-48-53(64)56(66)52(51-71-61-59(69)58(68)57(67)55(50-63)72-61)62-60(70)54(65)49-47-45-43-41-39-37-35-33-30-24-22-20-18-16-14-12-10-8-6-4-2/h6,8,12,14,32,34,40,42,52-59,61,63-69H,3-5,7,9-11,13,15-31,33,35-39,41,43-51H2,1-2H3,(H,62,70)/b8-6-,14-12-,34-32+,42-40+. The molecule has 1 heterocycles. The van der Waals surface area contributed by atoms with Crippen LogP contribution < -0.4 is 5.32 Å². The molecule has 1 amide bonds. The molecule has 9 atom stereocenters. The van der Waals surface area contributed by atoms with E-state index in [1.807, 2.05) is 0 Å². The minimum atomic E-state index is -1.67. The summed E-state index contributed by atoms with van der Waals surface area (Å²) in [5.41, 5.74) is 0. The molecule has 0 aromatic heterocycles. The van der Waals surface area contributed by atoms with E-state index >= 15 is 0 Å². The number of unbranched alkanes of at least 4 members (excludes halogenated alkanes) is 31. The Kier molecular flexibility index (Phi) is 47.2. The van der Waals surface area contributed by atoms with E-state index in [1.165, 1.54) is 167 Å². The van der Waals surface area contributed by atoms with E-state index < -0.39 is 74.2 Å². The van der Waals surface area contributed by atoms with Gasteiger partial charge in [0.1, 0.15) is 36.6 Å². The summed E-state index contributed by atoms with van der Waals surface area (Å²) in [5, 5.41) is 76.2. The summed E-state index contributed by atoms with van der Waals surface area (Å²) in [5.74, 6) is -0.710. The number of ether oxygens (including phenoxy) is 2. The van der Waals surface area contributed by atoms with Crippen LogP contribution in [0.25, 0.3) is 0 Å². The second-order valence-electron chi connectivity index (χ2n) is 21.0. The van der Waals surface area contributed by atoms with E-state index in [-0.39, 0.29) is 12.8 Å². The molecule has 0 aromatic carbocycles. The van der Waals surface area contributed by atoms with Gasteiger partial charge < -0.3 is 50.5 Å². The molecule has 0 radical (unpaired) electrons. The zero-order chi connectivity index (χ0) is 52.5. The normalized spacial score (nSPS) is 20.4. The van der Waals surface area contributed by atoms with Gasteiger partial charge in [-0.3, -0.25) is 4.79 Å². The Morgan fingerprint density at radius 3 is 1.39 bits per heavy atom. The molecule has 1 aliphatic rings. The van der Waals surface area contributed by atoms with E-state index in [2.05, 4.69) is 67.8 Å². The van der Waals surface area contributed by atoms with Crippen LogP contribution in [-0.2, 0) is 14.3 Å². The van der Waals surface area contributed by atoms with Gasteiger partial charge in [-0.1, -0.05) is 236 Å². The van der Waals surface area contributed by atoms with Crippen molar-refractivity contribution in [3.63, 3.8) is 0 Å². The Labute approximate surface area is 440 Å². The van der Waals surface area contributed by atoms with Crippen molar-refractivity contribution in [3.8, 4) is 0 Å². The van der Waals surface area contributed by atoms with E-state index in [9.17, 15) is 40.5 Å². The van der Waals surface area contributed by atoms with Crippen molar-refractivity contribution in [1.29, 1.82) is 0 Å². The van der Waals surface area contributed by atoms with E-state index in [4.69, 9.17) is 9.47 Å². The summed E-state index contributed by atoms with van der Waals surface area (Å²) in [7, 11) is 0. The van der Waals surface area contributed by atoms with Gasteiger partial charge in [0.2, 0.25) is 5.91 Å². The minimum absolute atomic E-state index is 0.246. The van der Waals surface area contributed by atoms with Crippen molar-refractivity contribution in [2.75, 3.05) is 13.2 Å². The van der Waals surface area contributed by atoms with Crippen molar-refractivity contribution in [2.45, 2.75) is 319 Å². The maximum atomic E-state index is 13.2. The predicted molar refractivity (Wildman–Crippen MR) is 298 cm³/mol. The average molecular weight is 1020 g/mol. The highest BCUT2D eigenvalue weighted by atomic mass is 16.7. The van der Waals surface area contributed by atoms with Crippen LogP contribution in [0, 0.1) is 0 Å². The average Bonchev–Trinajstić information content (AvgIpc) is 3.38. The predicted octanol–water partition coefficient (Wildman–Crippen LogP) is 12.8. The first-order chi connectivity index (χ1) is 35.2. The molecule has 1 rings (SSSR count). The fraction of sp³-hybridized carbons (Fsp3) is 0.852. The molecule has 11 nitrogen and oxygen atoms in total. The summed E-state index contributed by atoms with van der Waals surface area (Å²) < 4.78 is 11.1. The highest BCUT2D eigenvalue weighted by Crippen LogP contribution is 2.23. The first-order valence-corrected chi connectivity index (χ1v) is 30.0. The molecule has 8 N–H and O–H groups in total. The lowest BCUT2D eigenvalue weighted by molar-refractivity contribution is -0.303. The molecule has 11 heteroatoms. The monoisotopic (exact) mass is 1020 g/mol. The van der Waals surface area contributed by atoms with Crippen molar-refractivity contribution in [1.82, 2.24) is 5.32 Å². The fourth-order valence-corrected chi connectivity index (χ4v) is 9.50. The molecular weight excluding hydrogens is 907 g/mol. The number of nitrogens with one attached hydrogen (secondary N) is 1. The molecule has 9 unspecified atom stereocenters. The Bertz CT molecular complexity index is 1310. The maximum Gasteiger partial charge on any atom is 0.249 e. The van der Waals surface area contributed by atoms with Crippen molar-refractivity contribution < 1.29 is 50.0 Å². The topological polar surface area (TPSA) is 189 Å². The van der Waals surface area contributed by atoms with Crippen LogP contribution in [-0.4, -0.2) is 110 Å². The van der Waals surface area contributed by atoms with Gasteiger partial charge in [0.25, 0.3) is 0 Å². The lowest BCUT2D eigenvalue weighted by Crippen LogP contribution is -2.60. The second kappa shape index (κ2) is 49.9. The smallest absolute Gasteiger partial charge is 0.249 e. The van der Waals surface area contributed by atoms with Gasteiger partial charge in [-0.15, -0.1) is 0 Å². The maximum absolute atomic E-state index is 13.2. The molecule has 72 heavy (non-hydrogen) atoms. The number of aliphatic hydroxyl groups excluding tert-OH is 7. The molecule has 1 fully saturated rings. The second-order valence-corrected chi connectivity index (χ2v) is 21.0. The van der Waals surface area contributed by atoms with Crippen LogP contribution in [0.3, 0.4) is 0 Å². The molecule has 0 saturated carbocycles. The summed E-state index contributed by atoms with van der Waals surface area (Å²) in [6.07, 6.45) is 51.7. The summed E-state index contributed by atoms with van der Waals surface area (Å²) in [6.45, 7) is 3.36. The Morgan fingerprint density at radius 1 is 0.500 bits per heavy atom. The summed E-state index contributed by atoms with van der Waals surface area (Å²) in [6, 6.07) is -1.19. The number of carbonyl (C=O) groups is 1. The number of allylic oxidation sites excluding steroid dienone is 8. The SMILES string of the molecule is CC/C=C\C/C=C\CCCCCCCCCCCCCCCC(O)C(=O)NC(COC1OC(CO)C(O)C(O)C1O)C(O)C(O)CCC/C=C/CC/C=C/CCCCCCCCCCCCCCCCCC. The zero-order valence-electron chi connectivity index (χ0n) is 46.2. The van der Waals surface area contributed by atoms with Gasteiger partial charge in [0, 0.05) is 0 Å².